The lowest BCUT2D eigenvalue weighted by Gasteiger charge is -2.20. The molecule has 0 aliphatic rings. The first-order chi connectivity index (χ1) is 12.5. The van der Waals surface area contributed by atoms with Gasteiger partial charge in [0.2, 0.25) is 0 Å². The molecule has 0 aliphatic heterocycles. The summed E-state index contributed by atoms with van der Waals surface area (Å²) in [5.74, 6) is -0.223. The van der Waals surface area contributed by atoms with Crippen LogP contribution in [0.15, 0.2) is 77.3 Å². The number of ketones is 1. The van der Waals surface area contributed by atoms with Gasteiger partial charge in [0.15, 0.2) is 5.78 Å². The molecule has 26 heavy (non-hydrogen) atoms. The van der Waals surface area contributed by atoms with Gasteiger partial charge in [-0.05, 0) is 48.9 Å². The molecule has 0 fully saturated rings. The molecule has 132 valence electrons. The van der Waals surface area contributed by atoms with Crippen molar-refractivity contribution in [1.82, 2.24) is 0 Å². The SMILES string of the molecule is Cc1ccc(C(=O)C[C@H](Nc2ccc(F)cc2)c2ccc(Br)cc2)cc1. The minimum Gasteiger partial charge on any atom is -0.378 e. The first-order valence-corrected chi connectivity index (χ1v) is 9.18. The Morgan fingerprint density at radius 2 is 1.58 bits per heavy atom. The van der Waals surface area contributed by atoms with Gasteiger partial charge < -0.3 is 5.32 Å². The maximum atomic E-state index is 13.2. The molecule has 0 bridgehead atoms. The number of anilines is 1. The Morgan fingerprint density at radius 1 is 0.962 bits per heavy atom. The second-order valence-electron chi connectivity index (χ2n) is 6.25. The Bertz CT molecular complexity index is 874. The second-order valence-corrected chi connectivity index (χ2v) is 7.16. The summed E-state index contributed by atoms with van der Waals surface area (Å²) in [6.07, 6.45) is 0.308. The molecule has 0 heterocycles. The van der Waals surface area contributed by atoms with Gasteiger partial charge in [-0.3, -0.25) is 4.79 Å². The molecular weight excluding hydrogens is 393 g/mol. The molecule has 0 aliphatic carbocycles. The molecule has 4 heteroatoms. The molecule has 0 radical (unpaired) electrons. The van der Waals surface area contributed by atoms with Gasteiger partial charge >= 0.3 is 0 Å². The lowest BCUT2D eigenvalue weighted by Crippen LogP contribution is -2.16. The van der Waals surface area contributed by atoms with Gasteiger partial charge in [0.05, 0.1) is 6.04 Å². The zero-order valence-corrected chi connectivity index (χ0v) is 16.0. The van der Waals surface area contributed by atoms with Gasteiger partial charge in [0, 0.05) is 22.1 Å². The van der Waals surface area contributed by atoms with Crippen LogP contribution in [0.25, 0.3) is 0 Å². The first-order valence-electron chi connectivity index (χ1n) is 8.39. The zero-order chi connectivity index (χ0) is 18.5. The van der Waals surface area contributed by atoms with Crippen LogP contribution in [0.3, 0.4) is 0 Å². The fraction of sp³-hybridized carbons (Fsp3) is 0.136. The molecule has 2 nitrogen and oxygen atoms in total. The highest BCUT2D eigenvalue weighted by Crippen LogP contribution is 2.26. The van der Waals surface area contributed by atoms with E-state index in [0.717, 1.165) is 21.3 Å². The number of halogens is 2. The van der Waals surface area contributed by atoms with E-state index >= 15 is 0 Å². The van der Waals surface area contributed by atoms with E-state index in [9.17, 15) is 9.18 Å². The summed E-state index contributed by atoms with van der Waals surface area (Å²) < 4.78 is 14.1. The Balaban J connectivity index is 1.84. The third-order valence-electron chi connectivity index (χ3n) is 4.22. The van der Waals surface area contributed by atoms with Crippen LogP contribution in [0.5, 0.6) is 0 Å². The van der Waals surface area contributed by atoms with Crippen molar-refractivity contribution in [2.75, 3.05) is 5.32 Å². The number of nitrogens with one attached hydrogen (secondary N) is 1. The van der Waals surface area contributed by atoms with Crippen LogP contribution in [0.4, 0.5) is 10.1 Å². The number of rotatable bonds is 6. The van der Waals surface area contributed by atoms with Gasteiger partial charge in [0.25, 0.3) is 0 Å². The van der Waals surface area contributed by atoms with Gasteiger partial charge in [-0.25, -0.2) is 4.39 Å². The quantitative estimate of drug-likeness (QED) is 0.480. The van der Waals surface area contributed by atoms with E-state index in [-0.39, 0.29) is 17.6 Å². The maximum absolute atomic E-state index is 13.2. The standard InChI is InChI=1S/C22H19BrFNO/c1-15-2-4-17(5-3-15)22(26)14-21(16-6-8-18(23)9-7-16)25-20-12-10-19(24)11-13-20/h2-13,21,25H,14H2,1H3/t21-/m0/s1. The Kier molecular flexibility index (Phi) is 5.84. The number of aryl methyl sites for hydroxylation is 1. The number of hydrogen-bond acceptors (Lipinski definition) is 2. The van der Waals surface area contributed by atoms with Crippen LogP contribution >= 0.6 is 15.9 Å². The van der Waals surface area contributed by atoms with Crippen LogP contribution < -0.4 is 5.32 Å². The van der Waals surface area contributed by atoms with E-state index in [1.165, 1.54) is 12.1 Å². The van der Waals surface area contributed by atoms with Crippen LogP contribution in [0, 0.1) is 12.7 Å². The summed E-state index contributed by atoms with van der Waals surface area (Å²) in [4.78, 5) is 12.7. The topological polar surface area (TPSA) is 29.1 Å². The van der Waals surface area contributed by atoms with Crippen LogP contribution in [-0.4, -0.2) is 5.78 Å². The van der Waals surface area contributed by atoms with Gasteiger partial charge in [-0.1, -0.05) is 57.9 Å². The molecule has 1 atom stereocenters. The van der Waals surface area contributed by atoms with Gasteiger partial charge in [0.1, 0.15) is 5.82 Å². The van der Waals surface area contributed by atoms with Crippen molar-refractivity contribution in [3.05, 3.63) is 99.8 Å². The Labute approximate surface area is 161 Å². The van der Waals surface area contributed by atoms with Crippen molar-refractivity contribution < 1.29 is 9.18 Å². The smallest absolute Gasteiger partial charge is 0.165 e. The predicted octanol–water partition coefficient (Wildman–Crippen LogP) is 6.32. The molecular formula is C22H19BrFNO. The van der Waals surface area contributed by atoms with Crippen molar-refractivity contribution in [3.8, 4) is 0 Å². The third-order valence-corrected chi connectivity index (χ3v) is 4.75. The van der Waals surface area contributed by atoms with Crippen molar-refractivity contribution in [1.29, 1.82) is 0 Å². The van der Waals surface area contributed by atoms with Crippen molar-refractivity contribution in [2.45, 2.75) is 19.4 Å². The lowest BCUT2D eigenvalue weighted by atomic mass is 9.97. The highest BCUT2D eigenvalue weighted by Gasteiger charge is 2.17. The summed E-state index contributed by atoms with van der Waals surface area (Å²) in [6.45, 7) is 2.00. The number of carbonyl (C=O) groups is 1. The predicted molar refractivity (Wildman–Crippen MR) is 107 cm³/mol. The van der Waals surface area contributed by atoms with Crippen molar-refractivity contribution in [2.24, 2.45) is 0 Å². The zero-order valence-electron chi connectivity index (χ0n) is 14.4. The average molecular weight is 412 g/mol. The summed E-state index contributed by atoms with van der Waals surface area (Å²) in [5, 5.41) is 3.35. The van der Waals surface area contributed by atoms with Crippen molar-refractivity contribution in [3.63, 3.8) is 0 Å². The fourth-order valence-corrected chi connectivity index (χ4v) is 3.00. The average Bonchev–Trinajstić information content (AvgIpc) is 2.64. The van der Waals surface area contributed by atoms with Crippen LogP contribution in [-0.2, 0) is 0 Å². The third kappa shape index (κ3) is 4.79. The monoisotopic (exact) mass is 411 g/mol. The summed E-state index contributed by atoms with van der Waals surface area (Å²) in [6, 6.07) is 21.4. The number of hydrogen-bond donors (Lipinski definition) is 1. The van der Waals surface area contributed by atoms with Crippen LogP contribution in [0.1, 0.15) is 33.9 Å². The van der Waals surface area contributed by atoms with Gasteiger partial charge in [-0.2, -0.15) is 0 Å². The number of Topliss-reactive ketones (excluding diaryl/α,β-unsaturated/α-hetero) is 1. The highest BCUT2D eigenvalue weighted by molar-refractivity contribution is 9.10. The number of benzene rings is 3. The molecule has 0 saturated carbocycles. The first kappa shape index (κ1) is 18.3. The summed E-state index contributed by atoms with van der Waals surface area (Å²) in [5.41, 5.74) is 3.59. The molecule has 3 rings (SSSR count). The molecule has 0 unspecified atom stereocenters. The molecule has 3 aromatic carbocycles. The molecule has 0 amide bonds. The van der Waals surface area contributed by atoms with E-state index < -0.39 is 0 Å². The highest BCUT2D eigenvalue weighted by atomic mass is 79.9. The van der Waals surface area contributed by atoms with E-state index in [2.05, 4.69) is 21.2 Å². The lowest BCUT2D eigenvalue weighted by molar-refractivity contribution is 0.0976. The summed E-state index contributed by atoms with van der Waals surface area (Å²) in [7, 11) is 0. The molecule has 1 N–H and O–H groups in total. The van der Waals surface area contributed by atoms with Gasteiger partial charge in [-0.15, -0.1) is 0 Å². The fourth-order valence-electron chi connectivity index (χ4n) is 2.74. The minimum absolute atomic E-state index is 0.0625. The molecule has 3 aromatic rings. The van der Waals surface area contributed by atoms with E-state index in [0.29, 0.717) is 12.0 Å². The van der Waals surface area contributed by atoms with Crippen LogP contribution in [0.2, 0.25) is 0 Å². The normalized spacial score (nSPS) is 11.8. The minimum atomic E-state index is -0.286. The Hall–Kier alpha value is -2.46. The van der Waals surface area contributed by atoms with E-state index in [1.807, 2.05) is 55.5 Å². The molecule has 0 saturated heterocycles. The Morgan fingerprint density at radius 3 is 2.19 bits per heavy atom. The second kappa shape index (κ2) is 8.28. The number of carbonyl (C=O) groups excluding carboxylic acids is 1. The maximum Gasteiger partial charge on any atom is 0.165 e. The van der Waals surface area contributed by atoms with E-state index in [4.69, 9.17) is 0 Å². The van der Waals surface area contributed by atoms with E-state index in [1.54, 1.807) is 12.1 Å². The molecule has 0 aromatic heterocycles. The largest absolute Gasteiger partial charge is 0.378 e. The molecule has 0 spiro atoms. The summed E-state index contributed by atoms with van der Waals surface area (Å²) >= 11 is 3.43. The van der Waals surface area contributed by atoms with Crippen molar-refractivity contribution >= 4 is 27.4 Å².